The van der Waals surface area contributed by atoms with Crippen molar-refractivity contribution in [1.29, 1.82) is 0 Å². The van der Waals surface area contributed by atoms with Gasteiger partial charge in [0, 0.05) is 38.4 Å². The summed E-state index contributed by atoms with van der Waals surface area (Å²) < 4.78 is 18.8. The third-order valence-electron chi connectivity index (χ3n) is 4.20. The molecule has 1 aliphatic heterocycles. The maximum Gasteiger partial charge on any atom is 0.246 e. The van der Waals surface area contributed by atoms with Crippen LogP contribution in [-0.4, -0.2) is 68.7 Å². The van der Waals surface area contributed by atoms with Crippen LogP contribution in [0.5, 0.6) is 0 Å². The normalized spacial score (nSPS) is 17.6. The number of anilines is 1. The number of ether oxygens (including phenoxy) is 1. The fourth-order valence-electron chi connectivity index (χ4n) is 3.02. The van der Waals surface area contributed by atoms with Gasteiger partial charge < -0.3 is 20.7 Å². The number of rotatable bonds is 8. The van der Waals surface area contributed by atoms with Gasteiger partial charge >= 0.3 is 0 Å². The van der Waals surface area contributed by atoms with Crippen molar-refractivity contribution in [3.05, 3.63) is 30.1 Å². The molecule has 1 fully saturated rings. The van der Waals surface area contributed by atoms with Crippen LogP contribution in [0.3, 0.4) is 0 Å². The molecular formula is C20H33FIN5O2. The molecule has 1 atom stereocenters. The molecule has 0 spiro atoms. The zero-order valence-corrected chi connectivity index (χ0v) is 19.7. The van der Waals surface area contributed by atoms with Crippen LogP contribution < -0.4 is 16.0 Å². The number of aliphatic imine (C=N–C) groups is 1. The molecule has 0 radical (unpaired) electrons. The van der Waals surface area contributed by atoms with Crippen molar-refractivity contribution in [2.24, 2.45) is 10.9 Å². The van der Waals surface area contributed by atoms with E-state index in [0.717, 1.165) is 26.2 Å². The van der Waals surface area contributed by atoms with Gasteiger partial charge in [-0.15, -0.1) is 24.0 Å². The molecule has 1 aromatic carbocycles. The Morgan fingerprint density at radius 3 is 2.69 bits per heavy atom. The Hall–Kier alpha value is -1.46. The summed E-state index contributed by atoms with van der Waals surface area (Å²) in [5.74, 6) is 0.596. The van der Waals surface area contributed by atoms with Crippen LogP contribution >= 0.6 is 24.0 Å². The molecule has 1 aliphatic rings. The molecule has 1 saturated heterocycles. The Labute approximate surface area is 189 Å². The lowest BCUT2D eigenvalue weighted by atomic mass is 10.2. The standard InChI is InChI=1S/C20H32FN5O2.HI/c1-4-22-20(23-11-18-14-26(9-10-28-18)13-15(2)3)24-12-19(27)25-17-7-5-16(21)6-8-17;/h5-8,15,18H,4,9-14H2,1-3H3,(H,25,27)(H2,22,23,24);1H. The molecule has 1 heterocycles. The summed E-state index contributed by atoms with van der Waals surface area (Å²) in [6.45, 7) is 11.3. The highest BCUT2D eigenvalue weighted by atomic mass is 127. The number of amides is 1. The largest absolute Gasteiger partial charge is 0.374 e. The van der Waals surface area contributed by atoms with E-state index in [2.05, 4.69) is 39.7 Å². The van der Waals surface area contributed by atoms with Gasteiger partial charge in [0.1, 0.15) is 12.4 Å². The molecule has 1 aromatic rings. The number of nitrogens with zero attached hydrogens (tertiary/aromatic N) is 2. The van der Waals surface area contributed by atoms with Crippen LogP contribution in [-0.2, 0) is 9.53 Å². The maximum atomic E-state index is 12.9. The number of halogens is 2. The highest BCUT2D eigenvalue weighted by molar-refractivity contribution is 14.0. The average Bonchev–Trinajstić information content (AvgIpc) is 2.65. The molecule has 29 heavy (non-hydrogen) atoms. The van der Waals surface area contributed by atoms with Gasteiger partial charge in [-0.3, -0.25) is 9.69 Å². The molecule has 9 heteroatoms. The Morgan fingerprint density at radius 2 is 2.03 bits per heavy atom. The Kier molecular flexibility index (Phi) is 12.1. The second-order valence-corrected chi connectivity index (χ2v) is 7.28. The van der Waals surface area contributed by atoms with Crippen molar-refractivity contribution < 1.29 is 13.9 Å². The molecule has 0 saturated carbocycles. The number of hydrogen-bond donors (Lipinski definition) is 3. The lowest BCUT2D eigenvalue weighted by molar-refractivity contribution is -0.114. The average molecular weight is 521 g/mol. The smallest absolute Gasteiger partial charge is 0.246 e. The Morgan fingerprint density at radius 1 is 1.31 bits per heavy atom. The lowest BCUT2D eigenvalue weighted by Crippen LogP contribution is -2.50. The van der Waals surface area contributed by atoms with Gasteiger partial charge in [0.05, 0.1) is 12.7 Å². The number of carbonyl (C=O) groups is 1. The van der Waals surface area contributed by atoms with Gasteiger partial charge in [0.15, 0.2) is 5.96 Å². The Bertz CT molecular complexity index is 642. The van der Waals surface area contributed by atoms with Gasteiger partial charge in [-0.2, -0.15) is 0 Å². The van der Waals surface area contributed by atoms with Crippen LogP contribution in [0.25, 0.3) is 0 Å². The van der Waals surface area contributed by atoms with Crippen molar-refractivity contribution in [2.45, 2.75) is 26.9 Å². The van der Waals surface area contributed by atoms with Crippen molar-refractivity contribution >= 4 is 41.5 Å². The third-order valence-corrected chi connectivity index (χ3v) is 4.20. The van der Waals surface area contributed by atoms with Gasteiger partial charge in [-0.25, -0.2) is 9.38 Å². The van der Waals surface area contributed by atoms with E-state index in [1.807, 2.05) is 6.92 Å². The second kappa shape index (κ2) is 13.7. The molecule has 1 unspecified atom stereocenters. The van der Waals surface area contributed by atoms with E-state index in [0.29, 0.717) is 30.7 Å². The number of hydrogen-bond acceptors (Lipinski definition) is 4. The minimum Gasteiger partial charge on any atom is -0.374 e. The zero-order chi connectivity index (χ0) is 20.4. The Balaban J connectivity index is 0.00000420. The van der Waals surface area contributed by atoms with E-state index in [1.165, 1.54) is 24.3 Å². The highest BCUT2D eigenvalue weighted by Crippen LogP contribution is 2.08. The monoisotopic (exact) mass is 521 g/mol. The summed E-state index contributed by atoms with van der Waals surface area (Å²) in [6.07, 6.45) is 0.0874. The molecular weight excluding hydrogens is 488 g/mol. The first-order valence-corrected chi connectivity index (χ1v) is 9.87. The first-order valence-electron chi connectivity index (χ1n) is 9.87. The highest BCUT2D eigenvalue weighted by Gasteiger charge is 2.21. The topological polar surface area (TPSA) is 78.0 Å². The van der Waals surface area contributed by atoms with E-state index >= 15 is 0 Å². The molecule has 0 aliphatic carbocycles. The minimum absolute atomic E-state index is 0. The van der Waals surface area contributed by atoms with Gasteiger partial charge in [-0.1, -0.05) is 13.8 Å². The maximum absolute atomic E-state index is 12.9. The van der Waals surface area contributed by atoms with E-state index in [4.69, 9.17) is 4.74 Å². The number of guanidine groups is 1. The van der Waals surface area contributed by atoms with Crippen molar-refractivity contribution in [1.82, 2.24) is 15.5 Å². The molecule has 0 bridgehead atoms. The number of benzene rings is 1. The minimum atomic E-state index is -0.341. The zero-order valence-electron chi connectivity index (χ0n) is 17.4. The van der Waals surface area contributed by atoms with Gasteiger partial charge in [0.25, 0.3) is 0 Å². The van der Waals surface area contributed by atoms with Gasteiger partial charge in [0.2, 0.25) is 5.91 Å². The van der Waals surface area contributed by atoms with Crippen LogP contribution in [0.15, 0.2) is 29.3 Å². The van der Waals surface area contributed by atoms with Crippen LogP contribution in [0.4, 0.5) is 10.1 Å². The van der Waals surface area contributed by atoms with Crippen LogP contribution in [0, 0.1) is 11.7 Å². The molecule has 7 nitrogen and oxygen atoms in total. The third kappa shape index (κ3) is 10.2. The van der Waals surface area contributed by atoms with Gasteiger partial charge in [-0.05, 0) is 37.1 Å². The fraction of sp³-hybridized carbons (Fsp3) is 0.600. The lowest BCUT2D eigenvalue weighted by Gasteiger charge is -2.34. The molecule has 3 N–H and O–H groups in total. The summed E-state index contributed by atoms with van der Waals surface area (Å²) in [7, 11) is 0. The van der Waals surface area contributed by atoms with Crippen molar-refractivity contribution in [3.63, 3.8) is 0 Å². The summed E-state index contributed by atoms with van der Waals surface area (Å²) in [5.41, 5.74) is 0.542. The fourth-order valence-corrected chi connectivity index (χ4v) is 3.02. The second-order valence-electron chi connectivity index (χ2n) is 7.28. The van der Waals surface area contributed by atoms with E-state index in [9.17, 15) is 9.18 Å². The summed E-state index contributed by atoms with van der Waals surface area (Å²) in [5, 5.41) is 9.08. The van der Waals surface area contributed by atoms with Crippen molar-refractivity contribution in [2.75, 3.05) is 51.2 Å². The van der Waals surface area contributed by atoms with E-state index in [-0.39, 0.29) is 48.3 Å². The number of morpholine rings is 1. The first kappa shape index (κ1) is 25.6. The molecule has 1 amide bonds. The predicted molar refractivity (Wildman–Crippen MR) is 125 cm³/mol. The van der Waals surface area contributed by atoms with Crippen LogP contribution in [0.2, 0.25) is 0 Å². The number of nitrogens with one attached hydrogen (secondary N) is 3. The SMILES string of the molecule is CCNC(=NCC(=O)Nc1ccc(F)cc1)NCC1CN(CC(C)C)CCO1.I. The first-order chi connectivity index (χ1) is 13.5. The molecule has 2 rings (SSSR count). The van der Waals surface area contributed by atoms with Crippen LogP contribution in [0.1, 0.15) is 20.8 Å². The summed E-state index contributed by atoms with van der Waals surface area (Å²) in [6, 6.07) is 5.64. The summed E-state index contributed by atoms with van der Waals surface area (Å²) in [4.78, 5) is 18.8. The molecule has 0 aromatic heterocycles. The van der Waals surface area contributed by atoms with Crippen molar-refractivity contribution in [3.8, 4) is 0 Å². The summed E-state index contributed by atoms with van der Waals surface area (Å²) >= 11 is 0. The quantitative estimate of drug-likeness (QED) is 0.278. The predicted octanol–water partition coefficient (Wildman–Crippen LogP) is 2.29. The number of carbonyl (C=O) groups excluding carboxylic acids is 1. The van der Waals surface area contributed by atoms with E-state index in [1.54, 1.807) is 0 Å². The molecule has 164 valence electrons. The van der Waals surface area contributed by atoms with E-state index < -0.39 is 0 Å².